The van der Waals surface area contributed by atoms with Crippen molar-refractivity contribution in [1.29, 1.82) is 0 Å². The predicted molar refractivity (Wildman–Crippen MR) is 45.8 cm³/mol. The Morgan fingerprint density at radius 3 is 2.18 bits per heavy atom. The van der Waals surface area contributed by atoms with Gasteiger partial charge < -0.3 is 0 Å². The van der Waals surface area contributed by atoms with Crippen LogP contribution in [0.1, 0.15) is 13.8 Å². The van der Waals surface area contributed by atoms with Crippen LogP contribution in [0.3, 0.4) is 0 Å². The van der Waals surface area contributed by atoms with Crippen molar-refractivity contribution in [3.05, 3.63) is 12.2 Å². The first-order valence-corrected chi connectivity index (χ1v) is 3.62. The minimum atomic E-state index is -0.106. The summed E-state index contributed by atoms with van der Waals surface area (Å²) in [5.41, 5.74) is 3.23. The Bertz CT molecular complexity index is 161. The Morgan fingerprint density at radius 1 is 1.45 bits per heavy atom. The summed E-state index contributed by atoms with van der Waals surface area (Å²) < 4.78 is 0. The Balaban J connectivity index is 3.94. The molecule has 3 heteroatoms. The van der Waals surface area contributed by atoms with Crippen molar-refractivity contribution in [2.45, 2.75) is 13.8 Å². The monoisotopic (exact) mass is 156 g/mol. The first-order valence-electron chi connectivity index (χ1n) is 3.62. The molecular weight excluding hydrogens is 140 g/mol. The zero-order chi connectivity index (χ0) is 9.02. The Hall–Kier alpha value is -0.830. The van der Waals surface area contributed by atoms with Crippen LogP contribution in [0.15, 0.2) is 12.2 Å². The molecule has 0 aliphatic carbocycles. The van der Waals surface area contributed by atoms with E-state index in [0.717, 1.165) is 0 Å². The van der Waals surface area contributed by atoms with Crippen LogP contribution in [-0.4, -0.2) is 25.0 Å². The van der Waals surface area contributed by atoms with E-state index >= 15 is 0 Å². The first kappa shape index (κ1) is 10.2. The van der Waals surface area contributed by atoms with Crippen molar-refractivity contribution in [2.75, 3.05) is 14.1 Å². The van der Waals surface area contributed by atoms with Gasteiger partial charge in [0.15, 0.2) is 0 Å². The molecular formula is C8H16N2O. The zero-order valence-electron chi connectivity index (χ0n) is 7.64. The van der Waals surface area contributed by atoms with Crippen LogP contribution < -0.4 is 5.43 Å². The quantitative estimate of drug-likeness (QED) is 0.484. The largest absolute Gasteiger partial charge is 0.286 e. The maximum absolute atomic E-state index is 11.1. The summed E-state index contributed by atoms with van der Waals surface area (Å²) in [6.07, 6.45) is 0. The molecule has 0 aromatic heterocycles. The predicted octanol–water partition coefficient (Wildman–Crippen LogP) is 0.791. The number of carbonyl (C=O) groups excluding carboxylic acids is 1. The van der Waals surface area contributed by atoms with E-state index < -0.39 is 0 Å². The molecule has 0 aromatic rings. The van der Waals surface area contributed by atoms with Gasteiger partial charge >= 0.3 is 0 Å². The number of hydrazine groups is 1. The molecule has 0 aliphatic rings. The molecule has 0 aliphatic heterocycles. The molecule has 1 N–H and O–H groups in total. The second-order valence-corrected chi connectivity index (χ2v) is 3.02. The fourth-order valence-electron chi connectivity index (χ4n) is 0.537. The number of nitrogens with one attached hydrogen (secondary N) is 1. The summed E-state index contributed by atoms with van der Waals surface area (Å²) in [4.78, 5) is 11.1. The average Bonchev–Trinajstić information content (AvgIpc) is 1.84. The Labute approximate surface area is 68.0 Å². The van der Waals surface area contributed by atoms with Gasteiger partial charge in [-0.1, -0.05) is 20.4 Å². The van der Waals surface area contributed by atoms with E-state index in [-0.39, 0.29) is 11.8 Å². The van der Waals surface area contributed by atoms with Crippen LogP contribution in [-0.2, 0) is 4.79 Å². The minimum absolute atomic E-state index is 0.106. The standard InChI is InChI=1S/C8H16N2O/c1-6(2)7(3)8(11)9-10(4)5/h6H,3H2,1-2,4-5H3,(H,9,11). The van der Waals surface area contributed by atoms with Gasteiger partial charge in [0, 0.05) is 19.7 Å². The molecule has 3 nitrogen and oxygen atoms in total. The molecule has 1 amide bonds. The van der Waals surface area contributed by atoms with Crippen molar-refractivity contribution in [3.8, 4) is 0 Å². The molecule has 64 valence electrons. The Morgan fingerprint density at radius 2 is 1.91 bits per heavy atom. The molecule has 0 spiro atoms. The summed E-state index contributed by atoms with van der Waals surface area (Å²) in [6.45, 7) is 7.55. The third-order valence-electron chi connectivity index (χ3n) is 1.31. The average molecular weight is 156 g/mol. The Kier molecular flexibility index (Phi) is 3.82. The van der Waals surface area contributed by atoms with Crippen molar-refractivity contribution in [3.63, 3.8) is 0 Å². The highest BCUT2D eigenvalue weighted by Crippen LogP contribution is 2.05. The van der Waals surface area contributed by atoms with E-state index in [9.17, 15) is 4.79 Å². The lowest BCUT2D eigenvalue weighted by Gasteiger charge is -2.14. The van der Waals surface area contributed by atoms with Crippen molar-refractivity contribution in [2.24, 2.45) is 5.92 Å². The molecule has 0 radical (unpaired) electrons. The second-order valence-electron chi connectivity index (χ2n) is 3.02. The van der Waals surface area contributed by atoms with Crippen molar-refractivity contribution < 1.29 is 4.79 Å². The van der Waals surface area contributed by atoms with Gasteiger partial charge in [-0.05, 0) is 5.92 Å². The van der Waals surface area contributed by atoms with Crippen molar-refractivity contribution in [1.82, 2.24) is 10.4 Å². The van der Waals surface area contributed by atoms with E-state index in [4.69, 9.17) is 0 Å². The normalized spacial score (nSPS) is 10.4. The summed E-state index contributed by atoms with van der Waals surface area (Å²) in [6, 6.07) is 0. The number of hydrogen-bond donors (Lipinski definition) is 1. The molecule has 0 saturated carbocycles. The second kappa shape index (κ2) is 4.13. The van der Waals surface area contributed by atoms with Crippen LogP contribution in [0.2, 0.25) is 0 Å². The van der Waals surface area contributed by atoms with E-state index in [1.165, 1.54) is 0 Å². The van der Waals surface area contributed by atoms with Gasteiger partial charge in [-0.15, -0.1) is 0 Å². The van der Waals surface area contributed by atoms with Crippen LogP contribution in [0.25, 0.3) is 0 Å². The maximum Gasteiger partial charge on any atom is 0.261 e. The molecule has 0 bridgehead atoms. The van der Waals surface area contributed by atoms with Gasteiger partial charge in [0.1, 0.15) is 0 Å². The van der Waals surface area contributed by atoms with Gasteiger partial charge in [-0.3, -0.25) is 10.2 Å². The van der Waals surface area contributed by atoms with Gasteiger partial charge in [-0.2, -0.15) is 0 Å². The fourth-order valence-corrected chi connectivity index (χ4v) is 0.537. The summed E-state index contributed by atoms with van der Waals surface area (Å²) in [7, 11) is 3.54. The smallest absolute Gasteiger partial charge is 0.261 e. The molecule has 0 atom stereocenters. The number of nitrogens with zero attached hydrogens (tertiary/aromatic N) is 1. The highest BCUT2D eigenvalue weighted by Gasteiger charge is 2.09. The van der Waals surface area contributed by atoms with Gasteiger partial charge in [0.25, 0.3) is 5.91 Å². The number of carbonyl (C=O) groups is 1. The summed E-state index contributed by atoms with van der Waals surface area (Å²) in [5.74, 6) is 0.0972. The number of amides is 1. The molecule has 0 fully saturated rings. The summed E-state index contributed by atoms with van der Waals surface area (Å²) in [5, 5.41) is 1.61. The lowest BCUT2D eigenvalue weighted by atomic mass is 10.1. The van der Waals surface area contributed by atoms with Crippen LogP contribution in [0.4, 0.5) is 0 Å². The van der Waals surface area contributed by atoms with E-state index in [2.05, 4.69) is 12.0 Å². The molecule has 0 rings (SSSR count). The first-order chi connectivity index (χ1) is 4.95. The third-order valence-corrected chi connectivity index (χ3v) is 1.31. The highest BCUT2D eigenvalue weighted by molar-refractivity contribution is 5.92. The highest BCUT2D eigenvalue weighted by atomic mass is 16.2. The van der Waals surface area contributed by atoms with Crippen molar-refractivity contribution >= 4 is 5.91 Å². The summed E-state index contributed by atoms with van der Waals surface area (Å²) >= 11 is 0. The SMILES string of the molecule is C=C(C(=O)NN(C)C)C(C)C. The minimum Gasteiger partial charge on any atom is -0.286 e. The maximum atomic E-state index is 11.1. The van der Waals surface area contributed by atoms with Crippen LogP contribution in [0.5, 0.6) is 0 Å². The lowest BCUT2D eigenvalue weighted by Crippen LogP contribution is -2.37. The number of rotatable bonds is 3. The molecule has 0 aromatic carbocycles. The third kappa shape index (κ3) is 3.78. The van der Waals surface area contributed by atoms with Crippen LogP contribution >= 0.6 is 0 Å². The number of hydrogen-bond acceptors (Lipinski definition) is 2. The molecule has 0 saturated heterocycles. The molecule has 0 heterocycles. The van der Waals surface area contributed by atoms with Gasteiger partial charge in [-0.25, -0.2) is 5.01 Å². The fraction of sp³-hybridized carbons (Fsp3) is 0.625. The van der Waals surface area contributed by atoms with E-state index in [1.807, 2.05) is 13.8 Å². The molecule has 11 heavy (non-hydrogen) atoms. The van der Waals surface area contributed by atoms with Gasteiger partial charge in [0.2, 0.25) is 0 Å². The van der Waals surface area contributed by atoms with E-state index in [0.29, 0.717) is 5.57 Å². The molecule has 0 unspecified atom stereocenters. The lowest BCUT2D eigenvalue weighted by molar-refractivity contribution is -0.121. The topological polar surface area (TPSA) is 32.3 Å². The van der Waals surface area contributed by atoms with Crippen LogP contribution in [0, 0.1) is 5.92 Å². The zero-order valence-corrected chi connectivity index (χ0v) is 7.64. The van der Waals surface area contributed by atoms with E-state index in [1.54, 1.807) is 19.1 Å². The van der Waals surface area contributed by atoms with Gasteiger partial charge in [0.05, 0.1) is 0 Å².